The predicted molar refractivity (Wildman–Crippen MR) is 206 cm³/mol. The first-order valence-electron chi connectivity index (χ1n) is 18.6. The molecule has 2 aliphatic rings. The molecule has 4 rings (SSSR count). The quantitative estimate of drug-likeness (QED) is 0.160. The fourth-order valence-corrected chi connectivity index (χ4v) is 8.73. The minimum Gasteiger partial charge on any atom is -0.446 e. The molecule has 2 aliphatic carbocycles. The lowest BCUT2D eigenvalue weighted by molar-refractivity contribution is 0.0339. The number of aromatic nitrogens is 4. The normalized spacial score (nSPS) is 24.7. The number of urea groups is 2. The standard InChI is InChI=1S/C37H58N10O8/c1-21-10-26(48)44-28(40-21)46-30(50)38-19-36(8)14-24(12-34(4,5)17-36)42-32(52)54-16-23(3)55-33(53)43-25-13-35(6,7)18-37(9,15-25)20-39-31(51)47-29-41-22(2)11-27(49)45-29/h10-11,23-25H,12-20H2,1-9H3,(H,42,52)(H,43,53)(H3,38,40,44,46,48,50)(H3,39,41,45,47,49,51). The molecule has 0 bridgehead atoms. The Bertz CT molecular complexity index is 1840. The molecule has 0 saturated heterocycles. The molecule has 0 spiro atoms. The fraction of sp³-hybridized carbons (Fsp3) is 0.676. The van der Waals surface area contributed by atoms with E-state index >= 15 is 0 Å². The number of aryl methyl sites for hydroxylation is 2. The second kappa shape index (κ2) is 17.1. The fourth-order valence-electron chi connectivity index (χ4n) is 8.73. The summed E-state index contributed by atoms with van der Waals surface area (Å²) >= 11 is 0. The van der Waals surface area contributed by atoms with E-state index in [-0.39, 0.29) is 52.2 Å². The van der Waals surface area contributed by atoms with Crippen molar-refractivity contribution in [3.05, 3.63) is 44.2 Å². The highest BCUT2D eigenvalue weighted by Gasteiger charge is 2.43. The first kappa shape index (κ1) is 42.6. The Morgan fingerprint density at radius 2 is 1.15 bits per heavy atom. The van der Waals surface area contributed by atoms with Crippen LogP contribution in [0.4, 0.5) is 31.1 Å². The zero-order chi connectivity index (χ0) is 40.8. The van der Waals surface area contributed by atoms with E-state index in [9.17, 15) is 28.8 Å². The molecule has 0 aliphatic heterocycles. The molecule has 2 aromatic rings. The van der Waals surface area contributed by atoms with Gasteiger partial charge < -0.3 is 40.7 Å². The molecule has 0 radical (unpaired) electrons. The number of H-pyrrole nitrogens is 2. The number of anilines is 2. The second-order valence-corrected chi connectivity index (χ2v) is 17.7. The summed E-state index contributed by atoms with van der Waals surface area (Å²) in [5.41, 5.74) is -0.783. The van der Waals surface area contributed by atoms with Crippen LogP contribution in [0.15, 0.2) is 21.7 Å². The molecule has 6 amide bonds. The van der Waals surface area contributed by atoms with E-state index in [0.717, 1.165) is 12.8 Å². The van der Waals surface area contributed by atoms with E-state index < -0.39 is 41.5 Å². The minimum absolute atomic E-state index is 0.0560. The molecule has 8 N–H and O–H groups in total. The van der Waals surface area contributed by atoms with Crippen LogP contribution >= 0.6 is 0 Å². The highest BCUT2D eigenvalue weighted by Crippen LogP contribution is 2.47. The highest BCUT2D eigenvalue weighted by atomic mass is 16.6. The van der Waals surface area contributed by atoms with Gasteiger partial charge in [0.1, 0.15) is 12.7 Å². The summed E-state index contributed by atoms with van der Waals surface area (Å²) in [5, 5.41) is 16.8. The Morgan fingerprint density at radius 1 is 0.727 bits per heavy atom. The number of hydrogen-bond acceptors (Lipinski definition) is 10. The lowest BCUT2D eigenvalue weighted by Crippen LogP contribution is -2.51. The van der Waals surface area contributed by atoms with Gasteiger partial charge in [-0.15, -0.1) is 0 Å². The number of nitrogens with one attached hydrogen (secondary N) is 8. The van der Waals surface area contributed by atoms with Crippen LogP contribution in [0.2, 0.25) is 0 Å². The van der Waals surface area contributed by atoms with Gasteiger partial charge in [0.2, 0.25) is 11.9 Å². The van der Waals surface area contributed by atoms with Crippen LogP contribution in [0.25, 0.3) is 0 Å². The monoisotopic (exact) mass is 770 g/mol. The van der Waals surface area contributed by atoms with Gasteiger partial charge in [0.25, 0.3) is 11.1 Å². The van der Waals surface area contributed by atoms with Gasteiger partial charge in [-0.1, -0.05) is 41.5 Å². The summed E-state index contributed by atoms with van der Waals surface area (Å²) in [5.74, 6) is 0.112. The summed E-state index contributed by atoms with van der Waals surface area (Å²) in [6.45, 7) is 18.1. The third-order valence-electron chi connectivity index (χ3n) is 9.86. The smallest absolute Gasteiger partial charge is 0.407 e. The molecule has 18 nitrogen and oxygen atoms in total. The van der Waals surface area contributed by atoms with Crippen molar-refractivity contribution >= 4 is 36.1 Å². The zero-order valence-corrected chi connectivity index (χ0v) is 33.4. The van der Waals surface area contributed by atoms with Gasteiger partial charge in [0, 0.05) is 48.7 Å². The van der Waals surface area contributed by atoms with Gasteiger partial charge in [0.15, 0.2) is 0 Å². The second-order valence-electron chi connectivity index (χ2n) is 17.7. The maximum absolute atomic E-state index is 13.0. The molecule has 55 heavy (non-hydrogen) atoms. The van der Waals surface area contributed by atoms with Crippen LogP contribution in [-0.4, -0.2) is 82.1 Å². The van der Waals surface area contributed by atoms with Crippen molar-refractivity contribution in [1.82, 2.24) is 41.2 Å². The molecule has 2 saturated carbocycles. The topological polar surface area (TPSA) is 250 Å². The third-order valence-corrected chi connectivity index (χ3v) is 9.86. The Balaban J connectivity index is 1.21. The Labute approximate surface area is 320 Å². The largest absolute Gasteiger partial charge is 0.446 e. The summed E-state index contributed by atoms with van der Waals surface area (Å²) in [6.07, 6.45) is 2.17. The first-order chi connectivity index (χ1) is 25.5. The molecule has 5 unspecified atom stereocenters. The van der Waals surface area contributed by atoms with Crippen molar-refractivity contribution in [2.75, 3.05) is 30.3 Å². The van der Waals surface area contributed by atoms with Crippen LogP contribution in [0.1, 0.15) is 98.4 Å². The van der Waals surface area contributed by atoms with Crippen LogP contribution < -0.4 is 43.0 Å². The summed E-state index contributed by atoms with van der Waals surface area (Å²) < 4.78 is 11.0. The average molecular weight is 771 g/mol. The van der Waals surface area contributed by atoms with E-state index in [1.807, 2.05) is 13.8 Å². The molecule has 2 heterocycles. The van der Waals surface area contributed by atoms with Crippen LogP contribution in [-0.2, 0) is 9.47 Å². The highest BCUT2D eigenvalue weighted by molar-refractivity contribution is 5.87. The van der Waals surface area contributed by atoms with Crippen molar-refractivity contribution in [2.24, 2.45) is 21.7 Å². The van der Waals surface area contributed by atoms with Gasteiger partial charge in [-0.25, -0.2) is 19.2 Å². The van der Waals surface area contributed by atoms with Gasteiger partial charge in [0.05, 0.1) is 0 Å². The number of carbonyl (C=O) groups is 4. The van der Waals surface area contributed by atoms with Gasteiger partial charge in [-0.05, 0) is 81.0 Å². The minimum atomic E-state index is -0.727. The van der Waals surface area contributed by atoms with Crippen LogP contribution in [0.5, 0.6) is 0 Å². The number of alkyl carbamates (subject to hydrolysis) is 2. The van der Waals surface area contributed by atoms with Crippen LogP contribution in [0, 0.1) is 35.5 Å². The number of rotatable bonds is 11. The first-order valence-corrected chi connectivity index (χ1v) is 18.6. The SMILES string of the molecule is Cc1cc(=O)nc(NC(=O)NCC2(C)CC(NC(=O)OCC(C)OC(=O)NC3CC(C)(C)CC(C)(CNC(=O)Nc4nc(=O)cc(C)[nH]4)C3)CC(C)(C)C2)[nH]1. The molecule has 0 aromatic carbocycles. The summed E-state index contributed by atoms with van der Waals surface area (Å²) in [6, 6.07) is 1.19. The van der Waals surface area contributed by atoms with E-state index in [2.05, 4.69) is 79.5 Å². The predicted octanol–water partition coefficient (Wildman–Crippen LogP) is 4.42. The van der Waals surface area contributed by atoms with Crippen molar-refractivity contribution < 1.29 is 28.7 Å². The Hall–Kier alpha value is -5.16. The molecular formula is C37H58N10O8. The summed E-state index contributed by atoms with van der Waals surface area (Å²) in [4.78, 5) is 87.6. The van der Waals surface area contributed by atoms with Crippen molar-refractivity contribution in [1.29, 1.82) is 0 Å². The van der Waals surface area contributed by atoms with Gasteiger partial charge in [-0.3, -0.25) is 20.2 Å². The van der Waals surface area contributed by atoms with Crippen molar-refractivity contribution in [2.45, 2.75) is 119 Å². The molecular weight excluding hydrogens is 712 g/mol. The van der Waals surface area contributed by atoms with Crippen LogP contribution in [0.3, 0.4) is 0 Å². The Morgan fingerprint density at radius 3 is 1.56 bits per heavy atom. The van der Waals surface area contributed by atoms with E-state index in [4.69, 9.17) is 9.47 Å². The Kier molecular flexibility index (Phi) is 13.2. The van der Waals surface area contributed by atoms with Gasteiger partial charge >= 0.3 is 24.2 Å². The number of ether oxygens (including phenoxy) is 2. The average Bonchev–Trinajstić information content (AvgIpc) is 2.99. The lowest BCUT2D eigenvalue weighted by Gasteiger charge is -2.46. The zero-order valence-electron chi connectivity index (χ0n) is 33.4. The summed E-state index contributed by atoms with van der Waals surface area (Å²) in [7, 11) is 0. The maximum Gasteiger partial charge on any atom is 0.407 e. The molecule has 304 valence electrons. The number of nitrogens with zero attached hydrogens (tertiary/aromatic N) is 2. The number of carbonyl (C=O) groups excluding carboxylic acids is 4. The third kappa shape index (κ3) is 13.9. The number of aromatic amines is 2. The lowest BCUT2D eigenvalue weighted by atomic mass is 9.62. The van der Waals surface area contributed by atoms with Crippen molar-refractivity contribution in [3.63, 3.8) is 0 Å². The molecule has 18 heteroatoms. The molecule has 2 fully saturated rings. The molecule has 2 aromatic heterocycles. The van der Waals surface area contributed by atoms with Crippen molar-refractivity contribution in [3.8, 4) is 0 Å². The number of hydrogen-bond donors (Lipinski definition) is 8. The van der Waals surface area contributed by atoms with Gasteiger partial charge in [-0.2, -0.15) is 9.97 Å². The number of amides is 6. The van der Waals surface area contributed by atoms with E-state index in [1.54, 1.807) is 20.8 Å². The maximum atomic E-state index is 13.0. The van der Waals surface area contributed by atoms with E-state index in [1.165, 1.54) is 12.1 Å². The molecule has 5 atom stereocenters. The van der Waals surface area contributed by atoms with E-state index in [0.29, 0.717) is 50.2 Å².